The van der Waals surface area contributed by atoms with Crippen LogP contribution >= 0.6 is 0 Å². The highest BCUT2D eigenvalue weighted by Gasteiger charge is 2.21. The van der Waals surface area contributed by atoms with E-state index in [0.717, 1.165) is 23.1 Å². The van der Waals surface area contributed by atoms with E-state index in [1.807, 2.05) is 36.4 Å². The fourth-order valence-corrected chi connectivity index (χ4v) is 3.97. The first-order valence-electron chi connectivity index (χ1n) is 9.88. The lowest BCUT2D eigenvalue weighted by atomic mass is 9.82. The summed E-state index contributed by atoms with van der Waals surface area (Å²) in [4.78, 5) is 13.0. The van der Waals surface area contributed by atoms with Crippen LogP contribution in [0.4, 0.5) is 0 Å². The van der Waals surface area contributed by atoms with Gasteiger partial charge in [0.25, 0.3) is 0 Å². The normalized spacial score (nSPS) is 15.9. The molecule has 1 aliphatic carbocycles. The first kappa shape index (κ1) is 18.2. The summed E-state index contributed by atoms with van der Waals surface area (Å²) in [6, 6.07) is 29.0. The molecule has 0 fully saturated rings. The maximum atomic E-state index is 13.0. The lowest BCUT2D eigenvalue weighted by Gasteiger charge is -2.21. The number of benzene rings is 3. The van der Waals surface area contributed by atoms with Gasteiger partial charge in [-0.15, -0.1) is 0 Å². The monoisotopic (exact) mass is 364 g/mol. The zero-order valence-electron chi connectivity index (χ0n) is 15.9. The van der Waals surface area contributed by atoms with E-state index in [-0.39, 0.29) is 5.92 Å². The summed E-state index contributed by atoms with van der Waals surface area (Å²) in [7, 11) is 0. The summed E-state index contributed by atoms with van der Waals surface area (Å²) in [5.74, 6) is 0.550. The van der Waals surface area contributed by atoms with E-state index in [1.165, 1.54) is 11.1 Å². The van der Waals surface area contributed by atoms with E-state index in [4.69, 9.17) is 0 Å². The standard InChI is InChI=1S/C27H24O/c28-25(19-23-15-7-9-17-26(23)21-11-3-1-4-12-21)20-24-16-8-10-18-27(24)22-13-5-2-6-14-22/h1-15,17-18,24H,16,19-20H2. The number of rotatable bonds is 6. The molecule has 138 valence electrons. The average Bonchev–Trinajstić information content (AvgIpc) is 2.76. The van der Waals surface area contributed by atoms with Crippen molar-refractivity contribution >= 4 is 11.4 Å². The molecule has 3 aromatic carbocycles. The predicted octanol–water partition coefficient (Wildman–Crippen LogP) is 6.52. The van der Waals surface area contributed by atoms with E-state index >= 15 is 0 Å². The van der Waals surface area contributed by atoms with Crippen LogP contribution in [0.5, 0.6) is 0 Å². The molecule has 4 rings (SSSR count). The molecular weight excluding hydrogens is 340 g/mol. The van der Waals surface area contributed by atoms with Crippen LogP contribution in [-0.4, -0.2) is 5.78 Å². The summed E-state index contributed by atoms with van der Waals surface area (Å²) in [5, 5.41) is 0. The average molecular weight is 364 g/mol. The summed E-state index contributed by atoms with van der Waals surface area (Å²) in [6.07, 6.45) is 8.42. The molecule has 0 aromatic heterocycles. The van der Waals surface area contributed by atoms with Crippen molar-refractivity contribution in [1.82, 2.24) is 0 Å². The molecule has 3 aromatic rings. The van der Waals surface area contributed by atoms with Gasteiger partial charge in [-0.3, -0.25) is 4.79 Å². The van der Waals surface area contributed by atoms with Crippen LogP contribution in [0.2, 0.25) is 0 Å². The number of allylic oxidation sites excluding steroid dienone is 4. The zero-order valence-corrected chi connectivity index (χ0v) is 15.9. The van der Waals surface area contributed by atoms with Crippen LogP contribution in [0.1, 0.15) is 24.0 Å². The Morgan fingerprint density at radius 2 is 1.43 bits per heavy atom. The van der Waals surface area contributed by atoms with Crippen molar-refractivity contribution < 1.29 is 4.79 Å². The van der Waals surface area contributed by atoms with Crippen LogP contribution < -0.4 is 0 Å². The maximum absolute atomic E-state index is 13.0. The number of ketones is 1. The smallest absolute Gasteiger partial charge is 0.137 e. The summed E-state index contributed by atoms with van der Waals surface area (Å²) in [5.41, 5.74) is 5.91. The first-order chi connectivity index (χ1) is 13.8. The Balaban J connectivity index is 1.51. The topological polar surface area (TPSA) is 17.1 Å². The van der Waals surface area contributed by atoms with Gasteiger partial charge in [0.2, 0.25) is 0 Å². The van der Waals surface area contributed by atoms with E-state index in [9.17, 15) is 4.79 Å². The number of hydrogen-bond acceptors (Lipinski definition) is 1. The van der Waals surface area contributed by atoms with Gasteiger partial charge in [0.15, 0.2) is 0 Å². The van der Waals surface area contributed by atoms with Gasteiger partial charge in [-0.25, -0.2) is 0 Å². The SMILES string of the molecule is O=C(Cc1ccccc1-c1ccccc1)CC1CC=CC=C1c1ccccc1. The van der Waals surface area contributed by atoms with Gasteiger partial charge in [-0.1, -0.05) is 103 Å². The Morgan fingerprint density at radius 3 is 2.18 bits per heavy atom. The summed E-state index contributed by atoms with van der Waals surface area (Å²) >= 11 is 0. The zero-order chi connectivity index (χ0) is 19.2. The van der Waals surface area contributed by atoms with Crippen molar-refractivity contribution in [3.63, 3.8) is 0 Å². The van der Waals surface area contributed by atoms with Gasteiger partial charge in [0.1, 0.15) is 5.78 Å². The molecule has 28 heavy (non-hydrogen) atoms. The second-order valence-electron chi connectivity index (χ2n) is 7.29. The fourth-order valence-electron chi connectivity index (χ4n) is 3.97. The molecule has 1 aliphatic rings. The molecule has 1 heteroatoms. The Hall–Kier alpha value is -3.19. The van der Waals surface area contributed by atoms with Gasteiger partial charge in [0.05, 0.1) is 0 Å². The second-order valence-corrected chi connectivity index (χ2v) is 7.29. The van der Waals surface area contributed by atoms with E-state index < -0.39 is 0 Å². The number of carbonyl (C=O) groups excluding carboxylic acids is 1. The molecular formula is C27H24O. The van der Waals surface area contributed by atoms with E-state index in [0.29, 0.717) is 18.6 Å². The Kier molecular flexibility index (Phi) is 5.63. The van der Waals surface area contributed by atoms with Crippen LogP contribution in [-0.2, 0) is 11.2 Å². The molecule has 0 aliphatic heterocycles. The second kappa shape index (κ2) is 8.67. The van der Waals surface area contributed by atoms with Crippen LogP contribution in [0.3, 0.4) is 0 Å². The van der Waals surface area contributed by atoms with Crippen molar-refractivity contribution in [3.05, 3.63) is 114 Å². The van der Waals surface area contributed by atoms with Gasteiger partial charge < -0.3 is 0 Å². The molecule has 0 saturated heterocycles. The minimum atomic E-state index is 0.254. The molecule has 0 N–H and O–H groups in total. The molecule has 1 atom stereocenters. The third-order valence-corrected chi connectivity index (χ3v) is 5.34. The summed E-state index contributed by atoms with van der Waals surface area (Å²) < 4.78 is 0. The Labute approximate surface area is 167 Å². The third-order valence-electron chi connectivity index (χ3n) is 5.34. The van der Waals surface area contributed by atoms with E-state index in [2.05, 4.69) is 66.8 Å². The highest BCUT2D eigenvalue weighted by Crippen LogP contribution is 2.33. The van der Waals surface area contributed by atoms with Crippen LogP contribution in [0.15, 0.2) is 103 Å². The van der Waals surface area contributed by atoms with Crippen molar-refractivity contribution in [1.29, 1.82) is 0 Å². The Bertz CT molecular complexity index is 997. The number of hydrogen-bond donors (Lipinski definition) is 0. The molecule has 1 unspecified atom stereocenters. The van der Waals surface area contributed by atoms with Crippen molar-refractivity contribution in [2.75, 3.05) is 0 Å². The Morgan fingerprint density at radius 1 is 0.786 bits per heavy atom. The highest BCUT2D eigenvalue weighted by atomic mass is 16.1. The minimum Gasteiger partial charge on any atom is -0.299 e. The number of carbonyl (C=O) groups is 1. The van der Waals surface area contributed by atoms with Gasteiger partial charge in [0, 0.05) is 12.8 Å². The molecule has 0 bridgehead atoms. The molecule has 0 heterocycles. The predicted molar refractivity (Wildman–Crippen MR) is 117 cm³/mol. The van der Waals surface area contributed by atoms with Gasteiger partial charge in [-0.2, -0.15) is 0 Å². The molecule has 1 nitrogen and oxygen atoms in total. The lowest BCUT2D eigenvalue weighted by Crippen LogP contribution is -2.14. The van der Waals surface area contributed by atoms with Crippen molar-refractivity contribution in [2.24, 2.45) is 5.92 Å². The van der Waals surface area contributed by atoms with Gasteiger partial charge >= 0.3 is 0 Å². The molecule has 0 spiro atoms. The quantitative estimate of drug-likeness (QED) is 0.487. The van der Waals surface area contributed by atoms with E-state index in [1.54, 1.807) is 0 Å². The molecule has 0 radical (unpaired) electrons. The number of Topliss-reactive ketones (excluding diaryl/α,β-unsaturated/α-hetero) is 1. The minimum absolute atomic E-state index is 0.254. The van der Waals surface area contributed by atoms with Gasteiger partial charge in [-0.05, 0) is 40.2 Å². The molecule has 0 saturated carbocycles. The highest BCUT2D eigenvalue weighted by molar-refractivity contribution is 5.86. The molecule has 0 amide bonds. The largest absolute Gasteiger partial charge is 0.299 e. The summed E-state index contributed by atoms with van der Waals surface area (Å²) in [6.45, 7) is 0. The van der Waals surface area contributed by atoms with Crippen LogP contribution in [0.25, 0.3) is 16.7 Å². The lowest BCUT2D eigenvalue weighted by molar-refractivity contribution is -0.118. The van der Waals surface area contributed by atoms with Crippen molar-refractivity contribution in [2.45, 2.75) is 19.3 Å². The fraction of sp³-hybridized carbons (Fsp3) is 0.148. The maximum Gasteiger partial charge on any atom is 0.137 e. The third kappa shape index (κ3) is 4.20. The van der Waals surface area contributed by atoms with Crippen LogP contribution in [0, 0.1) is 5.92 Å². The first-order valence-corrected chi connectivity index (χ1v) is 9.88. The van der Waals surface area contributed by atoms with Crippen molar-refractivity contribution in [3.8, 4) is 11.1 Å².